The van der Waals surface area contributed by atoms with Crippen LogP contribution in [0.1, 0.15) is 71.1 Å². The van der Waals surface area contributed by atoms with Gasteiger partial charge in [-0.3, -0.25) is 0 Å². The normalized spacial score (nSPS) is 11.2. The molecule has 1 N–H and O–H groups in total. The fourth-order valence-electron chi connectivity index (χ4n) is 2.41. The Labute approximate surface area is 144 Å². The van der Waals surface area contributed by atoms with Crippen LogP contribution in [0.4, 0.5) is 0 Å². The standard InChI is InChI=1S/C19H41NO3/c1-3-4-5-6-7-8-9-10-11-12-14-21-16-18-23-19-17-22-15-13-20-2/h20H,3-19H2,1-2H3. The van der Waals surface area contributed by atoms with E-state index < -0.39 is 0 Å². The van der Waals surface area contributed by atoms with Gasteiger partial charge in [0.15, 0.2) is 0 Å². The van der Waals surface area contributed by atoms with Crippen molar-refractivity contribution >= 4 is 0 Å². The first-order valence-electron chi connectivity index (χ1n) is 9.79. The van der Waals surface area contributed by atoms with Gasteiger partial charge in [-0.2, -0.15) is 0 Å². The van der Waals surface area contributed by atoms with Gasteiger partial charge < -0.3 is 19.5 Å². The van der Waals surface area contributed by atoms with E-state index in [0.717, 1.165) is 19.8 Å². The van der Waals surface area contributed by atoms with Gasteiger partial charge in [-0.1, -0.05) is 64.7 Å². The minimum Gasteiger partial charge on any atom is -0.379 e. The van der Waals surface area contributed by atoms with Crippen molar-refractivity contribution in [3.8, 4) is 0 Å². The molecule has 4 nitrogen and oxygen atoms in total. The first-order valence-corrected chi connectivity index (χ1v) is 9.79. The SMILES string of the molecule is CCCCCCCCCCCCOCCOCCOCCNC. The Bertz CT molecular complexity index is 183. The maximum atomic E-state index is 5.57. The van der Waals surface area contributed by atoms with Gasteiger partial charge in [-0.15, -0.1) is 0 Å². The van der Waals surface area contributed by atoms with Crippen LogP contribution in [0.25, 0.3) is 0 Å². The van der Waals surface area contributed by atoms with Gasteiger partial charge in [-0.05, 0) is 13.5 Å². The zero-order chi connectivity index (χ0) is 16.8. The molecule has 0 saturated carbocycles. The van der Waals surface area contributed by atoms with Gasteiger partial charge in [0.25, 0.3) is 0 Å². The Morgan fingerprint density at radius 3 is 1.48 bits per heavy atom. The summed E-state index contributed by atoms with van der Waals surface area (Å²) < 4.78 is 16.4. The zero-order valence-corrected chi connectivity index (χ0v) is 15.7. The van der Waals surface area contributed by atoms with Crippen molar-refractivity contribution in [3.05, 3.63) is 0 Å². The Hall–Kier alpha value is -0.160. The summed E-state index contributed by atoms with van der Waals surface area (Å²) in [7, 11) is 1.92. The Morgan fingerprint density at radius 1 is 0.522 bits per heavy atom. The molecule has 0 rings (SSSR count). The third-order valence-electron chi connectivity index (χ3n) is 3.88. The summed E-state index contributed by atoms with van der Waals surface area (Å²) in [5, 5.41) is 3.04. The number of nitrogens with one attached hydrogen (secondary N) is 1. The van der Waals surface area contributed by atoms with E-state index in [1.165, 1.54) is 64.2 Å². The van der Waals surface area contributed by atoms with Gasteiger partial charge in [0.05, 0.1) is 33.0 Å². The third kappa shape index (κ3) is 21.8. The van der Waals surface area contributed by atoms with Crippen molar-refractivity contribution in [1.29, 1.82) is 0 Å². The van der Waals surface area contributed by atoms with Crippen molar-refractivity contribution in [2.45, 2.75) is 71.1 Å². The van der Waals surface area contributed by atoms with Crippen LogP contribution in [0.2, 0.25) is 0 Å². The lowest BCUT2D eigenvalue weighted by molar-refractivity contribution is 0.0146. The van der Waals surface area contributed by atoms with Crippen molar-refractivity contribution < 1.29 is 14.2 Å². The van der Waals surface area contributed by atoms with E-state index in [0.29, 0.717) is 26.4 Å². The number of likely N-dealkylation sites (N-methyl/N-ethyl adjacent to an activating group) is 1. The molecular formula is C19H41NO3. The number of unbranched alkanes of at least 4 members (excludes halogenated alkanes) is 9. The van der Waals surface area contributed by atoms with E-state index in [9.17, 15) is 0 Å². The molecule has 0 aliphatic carbocycles. The van der Waals surface area contributed by atoms with Crippen LogP contribution in [-0.2, 0) is 14.2 Å². The average Bonchev–Trinajstić information content (AvgIpc) is 2.57. The Morgan fingerprint density at radius 2 is 0.957 bits per heavy atom. The number of rotatable bonds is 20. The van der Waals surface area contributed by atoms with Crippen LogP contribution in [0.5, 0.6) is 0 Å². The molecule has 0 aliphatic heterocycles. The number of hydrogen-bond donors (Lipinski definition) is 1. The van der Waals surface area contributed by atoms with E-state index in [2.05, 4.69) is 12.2 Å². The largest absolute Gasteiger partial charge is 0.379 e. The first kappa shape index (κ1) is 22.8. The van der Waals surface area contributed by atoms with Crippen LogP contribution >= 0.6 is 0 Å². The van der Waals surface area contributed by atoms with Crippen molar-refractivity contribution in [3.63, 3.8) is 0 Å². The Balaban J connectivity index is 2.92. The molecule has 0 saturated heterocycles. The maximum Gasteiger partial charge on any atom is 0.0701 e. The molecule has 0 bridgehead atoms. The summed E-state index contributed by atoms with van der Waals surface area (Å²) in [6, 6.07) is 0. The lowest BCUT2D eigenvalue weighted by atomic mass is 10.1. The quantitative estimate of drug-likeness (QED) is 0.340. The lowest BCUT2D eigenvalue weighted by Crippen LogP contribution is -2.16. The van der Waals surface area contributed by atoms with E-state index >= 15 is 0 Å². The van der Waals surface area contributed by atoms with E-state index in [-0.39, 0.29) is 0 Å². The highest BCUT2D eigenvalue weighted by atomic mass is 16.5. The van der Waals surface area contributed by atoms with Gasteiger partial charge in [-0.25, -0.2) is 0 Å². The van der Waals surface area contributed by atoms with Crippen LogP contribution < -0.4 is 5.32 Å². The predicted octanol–water partition coefficient (Wildman–Crippen LogP) is 4.18. The lowest BCUT2D eigenvalue weighted by Gasteiger charge is -2.07. The molecule has 0 aromatic carbocycles. The molecule has 0 atom stereocenters. The van der Waals surface area contributed by atoms with E-state index in [1.807, 2.05) is 7.05 Å². The molecule has 0 spiro atoms. The van der Waals surface area contributed by atoms with Crippen LogP contribution in [0.3, 0.4) is 0 Å². The molecule has 0 unspecified atom stereocenters. The molecule has 0 heterocycles. The first-order chi connectivity index (χ1) is 11.4. The van der Waals surface area contributed by atoms with E-state index in [1.54, 1.807) is 0 Å². The summed E-state index contributed by atoms with van der Waals surface area (Å²) >= 11 is 0. The molecule has 4 heteroatoms. The summed E-state index contributed by atoms with van der Waals surface area (Å²) in [5.74, 6) is 0. The number of ether oxygens (including phenoxy) is 3. The highest BCUT2D eigenvalue weighted by Crippen LogP contribution is 2.10. The van der Waals surface area contributed by atoms with Crippen molar-refractivity contribution in [2.75, 3.05) is 53.2 Å². The predicted molar refractivity (Wildman–Crippen MR) is 98.2 cm³/mol. The summed E-state index contributed by atoms with van der Waals surface area (Å²) in [5.41, 5.74) is 0. The highest BCUT2D eigenvalue weighted by molar-refractivity contribution is 4.47. The molecule has 0 radical (unpaired) electrons. The maximum absolute atomic E-state index is 5.57. The van der Waals surface area contributed by atoms with Gasteiger partial charge in [0.2, 0.25) is 0 Å². The molecule has 23 heavy (non-hydrogen) atoms. The van der Waals surface area contributed by atoms with Gasteiger partial charge in [0, 0.05) is 13.2 Å². The second-order valence-electron chi connectivity index (χ2n) is 6.12. The summed E-state index contributed by atoms with van der Waals surface area (Å²) in [6.45, 7) is 7.48. The molecular weight excluding hydrogens is 290 g/mol. The number of hydrogen-bond acceptors (Lipinski definition) is 4. The Kier molecular flexibility index (Phi) is 21.7. The fourth-order valence-corrected chi connectivity index (χ4v) is 2.41. The third-order valence-corrected chi connectivity index (χ3v) is 3.88. The minimum atomic E-state index is 0.658. The molecule has 0 aromatic heterocycles. The highest BCUT2D eigenvalue weighted by Gasteiger charge is 1.94. The average molecular weight is 332 g/mol. The van der Waals surface area contributed by atoms with Gasteiger partial charge in [0.1, 0.15) is 0 Å². The van der Waals surface area contributed by atoms with Gasteiger partial charge >= 0.3 is 0 Å². The molecule has 0 fully saturated rings. The molecule has 0 aromatic rings. The monoisotopic (exact) mass is 331 g/mol. The summed E-state index contributed by atoms with van der Waals surface area (Å²) in [4.78, 5) is 0. The molecule has 0 amide bonds. The van der Waals surface area contributed by atoms with Crippen molar-refractivity contribution in [2.24, 2.45) is 0 Å². The van der Waals surface area contributed by atoms with Crippen LogP contribution in [0.15, 0.2) is 0 Å². The smallest absolute Gasteiger partial charge is 0.0701 e. The second-order valence-corrected chi connectivity index (χ2v) is 6.12. The van der Waals surface area contributed by atoms with Crippen LogP contribution in [0, 0.1) is 0 Å². The molecule has 0 aliphatic rings. The van der Waals surface area contributed by atoms with E-state index in [4.69, 9.17) is 14.2 Å². The minimum absolute atomic E-state index is 0.658. The topological polar surface area (TPSA) is 39.7 Å². The second kappa shape index (κ2) is 21.8. The van der Waals surface area contributed by atoms with Crippen LogP contribution in [-0.4, -0.2) is 53.2 Å². The fraction of sp³-hybridized carbons (Fsp3) is 1.00. The zero-order valence-electron chi connectivity index (χ0n) is 15.7. The van der Waals surface area contributed by atoms with Crippen molar-refractivity contribution in [1.82, 2.24) is 5.32 Å². The summed E-state index contributed by atoms with van der Waals surface area (Å²) in [6.07, 6.45) is 13.7. The molecule has 140 valence electrons.